The minimum atomic E-state index is 0.688. The maximum absolute atomic E-state index is 3.77. The van der Waals surface area contributed by atoms with Gasteiger partial charge in [-0.2, -0.15) is 0 Å². The van der Waals surface area contributed by atoms with Crippen molar-refractivity contribution in [2.75, 3.05) is 5.32 Å². The van der Waals surface area contributed by atoms with Gasteiger partial charge in [0.15, 0.2) is 0 Å². The zero-order chi connectivity index (χ0) is 12.3. The van der Waals surface area contributed by atoms with Crippen molar-refractivity contribution in [3.63, 3.8) is 0 Å². The van der Waals surface area contributed by atoms with Crippen LogP contribution in [0.4, 0.5) is 5.69 Å². The van der Waals surface area contributed by atoms with Crippen LogP contribution in [0.2, 0.25) is 0 Å². The lowest BCUT2D eigenvalue weighted by molar-refractivity contribution is 0.317. The summed E-state index contributed by atoms with van der Waals surface area (Å²) in [5.41, 5.74) is 2.70. The molecule has 0 aliphatic heterocycles. The Bertz CT molecular complexity index is 375. The molecule has 0 bridgehead atoms. The minimum Gasteiger partial charge on any atom is -0.382 e. The number of anilines is 1. The SMILES string of the molecule is CCC1CCCCC1Nc1ccc(I)cc1C. The van der Waals surface area contributed by atoms with Crippen LogP contribution in [-0.4, -0.2) is 6.04 Å². The standard InChI is InChI=1S/C15H22IN/c1-3-12-6-4-5-7-15(12)17-14-9-8-13(16)10-11(14)2/h8-10,12,15,17H,3-7H2,1-2H3. The van der Waals surface area contributed by atoms with Gasteiger partial charge in [-0.25, -0.2) is 0 Å². The highest BCUT2D eigenvalue weighted by Crippen LogP contribution is 2.30. The summed E-state index contributed by atoms with van der Waals surface area (Å²) < 4.78 is 1.32. The molecule has 1 aromatic rings. The quantitative estimate of drug-likeness (QED) is 0.763. The van der Waals surface area contributed by atoms with Gasteiger partial charge in [-0.05, 0) is 72.0 Å². The molecule has 1 aromatic carbocycles. The first-order chi connectivity index (χ1) is 8.20. The molecular weight excluding hydrogens is 321 g/mol. The molecule has 1 nitrogen and oxygen atoms in total. The molecule has 1 N–H and O–H groups in total. The smallest absolute Gasteiger partial charge is 0.0372 e. The molecule has 0 heterocycles. The number of hydrogen-bond acceptors (Lipinski definition) is 1. The van der Waals surface area contributed by atoms with E-state index < -0.39 is 0 Å². The van der Waals surface area contributed by atoms with Gasteiger partial charge in [-0.15, -0.1) is 0 Å². The van der Waals surface area contributed by atoms with Crippen molar-refractivity contribution >= 4 is 28.3 Å². The molecule has 0 spiro atoms. The van der Waals surface area contributed by atoms with Gasteiger partial charge >= 0.3 is 0 Å². The van der Waals surface area contributed by atoms with Crippen LogP contribution in [0.15, 0.2) is 18.2 Å². The van der Waals surface area contributed by atoms with E-state index >= 15 is 0 Å². The molecule has 2 unspecified atom stereocenters. The second-order valence-electron chi connectivity index (χ2n) is 5.16. The fourth-order valence-electron chi connectivity index (χ4n) is 2.88. The third-order valence-corrected chi connectivity index (χ3v) is 4.63. The fraction of sp³-hybridized carbons (Fsp3) is 0.600. The number of aryl methyl sites for hydroxylation is 1. The van der Waals surface area contributed by atoms with E-state index in [-0.39, 0.29) is 0 Å². The van der Waals surface area contributed by atoms with Crippen LogP contribution < -0.4 is 5.32 Å². The molecule has 17 heavy (non-hydrogen) atoms. The topological polar surface area (TPSA) is 12.0 Å². The molecule has 1 aliphatic rings. The molecule has 2 rings (SSSR count). The summed E-state index contributed by atoms with van der Waals surface area (Å²) in [5.74, 6) is 0.863. The number of rotatable bonds is 3. The summed E-state index contributed by atoms with van der Waals surface area (Å²) in [7, 11) is 0. The Morgan fingerprint density at radius 3 is 2.76 bits per heavy atom. The number of hydrogen-bond donors (Lipinski definition) is 1. The second-order valence-corrected chi connectivity index (χ2v) is 6.41. The summed E-state index contributed by atoms with van der Waals surface area (Å²) >= 11 is 2.38. The average Bonchev–Trinajstić information content (AvgIpc) is 2.33. The van der Waals surface area contributed by atoms with Gasteiger partial charge in [-0.3, -0.25) is 0 Å². The molecule has 0 saturated heterocycles. The van der Waals surface area contributed by atoms with Crippen LogP contribution in [0.5, 0.6) is 0 Å². The van der Waals surface area contributed by atoms with Crippen molar-refractivity contribution in [1.82, 2.24) is 0 Å². The molecule has 0 amide bonds. The third kappa shape index (κ3) is 3.36. The molecular formula is C15H22IN. The molecule has 0 aromatic heterocycles. The fourth-order valence-corrected chi connectivity index (χ4v) is 3.52. The van der Waals surface area contributed by atoms with Gasteiger partial charge in [-0.1, -0.05) is 26.2 Å². The van der Waals surface area contributed by atoms with Gasteiger partial charge in [0.2, 0.25) is 0 Å². The minimum absolute atomic E-state index is 0.688. The van der Waals surface area contributed by atoms with Gasteiger partial charge < -0.3 is 5.32 Å². The van der Waals surface area contributed by atoms with Crippen LogP contribution in [0.3, 0.4) is 0 Å². The Kier molecular flexibility index (Phi) is 4.71. The highest BCUT2D eigenvalue weighted by atomic mass is 127. The Hall–Kier alpha value is -0.250. The first-order valence-electron chi connectivity index (χ1n) is 6.73. The van der Waals surface area contributed by atoms with E-state index in [9.17, 15) is 0 Å². The van der Waals surface area contributed by atoms with Gasteiger partial charge in [0.25, 0.3) is 0 Å². The Labute approximate surface area is 119 Å². The number of benzene rings is 1. The van der Waals surface area contributed by atoms with Crippen molar-refractivity contribution in [3.05, 3.63) is 27.3 Å². The zero-order valence-electron chi connectivity index (χ0n) is 10.8. The highest BCUT2D eigenvalue weighted by Gasteiger charge is 2.23. The summed E-state index contributed by atoms with van der Waals surface area (Å²) in [6, 6.07) is 7.37. The maximum atomic E-state index is 3.77. The monoisotopic (exact) mass is 343 g/mol. The van der Waals surface area contributed by atoms with Crippen LogP contribution in [0.1, 0.15) is 44.6 Å². The molecule has 2 atom stereocenters. The number of nitrogens with one attached hydrogen (secondary N) is 1. The van der Waals surface area contributed by atoms with Crippen molar-refractivity contribution < 1.29 is 0 Å². The van der Waals surface area contributed by atoms with Crippen molar-refractivity contribution in [2.45, 2.75) is 52.0 Å². The van der Waals surface area contributed by atoms with E-state index in [0.29, 0.717) is 6.04 Å². The molecule has 0 radical (unpaired) electrons. The lowest BCUT2D eigenvalue weighted by atomic mass is 9.82. The first-order valence-corrected chi connectivity index (χ1v) is 7.81. The Morgan fingerprint density at radius 1 is 1.29 bits per heavy atom. The lowest BCUT2D eigenvalue weighted by Crippen LogP contribution is -2.32. The molecule has 94 valence electrons. The lowest BCUT2D eigenvalue weighted by Gasteiger charge is -2.32. The van der Waals surface area contributed by atoms with Crippen molar-refractivity contribution in [1.29, 1.82) is 0 Å². The predicted molar refractivity (Wildman–Crippen MR) is 83.6 cm³/mol. The highest BCUT2D eigenvalue weighted by molar-refractivity contribution is 14.1. The van der Waals surface area contributed by atoms with Crippen molar-refractivity contribution in [2.24, 2.45) is 5.92 Å². The van der Waals surface area contributed by atoms with Crippen LogP contribution >= 0.6 is 22.6 Å². The number of halogens is 1. The largest absolute Gasteiger partial charge is 0.382 e. The normalized spacial score (nSPS) is 24.6. The van der Waals surface area contributed by atoms with Gasteiger partial charge in [0.05, 0.1) is 0 Å². The van der Waals surface area contributed by atoms with E-state index in [1.54, 1.807) is 0 Å². The Morgan fingerprint density at radius 2 is 2.06 bits per heavy atom. The first kappa shape index (κ1) is 13.2. The van der Waals surface area contributed by atoms with E-state index in [4.69, 9.17) is 0 Å². The Balaban J connectivity index is 2.08. The van der Waals surface area contributed by atoms with E-state index in [0.717, 1.165) is 5.92 Å². The summed E-state index contributed by atoms with van der Waals surface area (Å²) in [6.45, 7) is 4.53. The maximum Gasteiger partial charge on any atom is 0.0372 e. The van der Waals surface area contributed by atoms with Gasteiger partial charge in [0, 0.05) is 15.3 Å². The van der Waals surface area contributed by atoms with Crippen LogP contribution in [0.25, 0.3) is 0 Å². The van der Waals surface area contributed by atoms with Crippen LogP contribution in [0, 0.1) is 16.4 Å². The van der Waals surface area contributed by atoms with E-state index in [2.05, 4.69) is 60.0 Å². The predicted octanol–water partition coefficient (Wildman–Crippen LogP) is 4.98. The molecule has 1 aliphatic carbocycles. The van der Waals surface area contributed by atoms with Crippen LogP contribution in [-0.2, 0) is 0 Å². The van der Waals surface area contributed by atoms with Crippen molar-refractivity contribution in [3.8, 4) is 0 Å². The second kappa shape index (κ2) is 6.07. The van der Waals surface area contributed by atoms with Gasteiger partial charge in [0.1, 0.15) is 0 Å². The van der Waals surface area contributed by atoms with E-state index in [1.165, 1.54) is 46.9 Å². The summed E-state index contributed by atoms with van der Waals surface area (Å²) in [4.78, 5) is 0. The van der Waals surface area contributed by atoms with E-state index in [1.807, 2.05) is 0 Å². The third-order valence-electron chi connectivity index (χ3n) is 3.96. The summed E-state index contributed by atoms with van der Waals surface area (Å²) in [5, 5.41) is 3.77. The average molecular weight is 343 g/mol. The molecule has 1 saturated carbocycles. The molecule has 1 fully saturated rings. The molecule has 2 heteroatoms. The summed E-state index contributed by atoms with van der Waals surface area (Å²) in [6.07, 6.45) is 6.85. The zero-order valence-corrected chi connectivity index (χ0v) is 13.0.